The average molecular weight is 233 g/mol. The molecule has 2 atom stereocenters. The highest BCUT2D eigenvalue weighted by atomic mass is 19.4. The van der Waals surface area contributed by atoms with Gasteiger partial charge >= 0.3 is 6.18 Å². The molecule has 2 N–H and O–H groups in total. The Morgan fingerprint density at radius 1 is 1.44 bits per heavy atom. The van der Waals surface area contributed by atoms with Gasteiger partial charge in [-0.1, -0.05) is 13.8 Å². The molecular formula is C10H14F3N3. The maximum absolute atomic E-state index is 12.4. The van der Waals surface area contributed by atoms with Crippen LogP contribution in [0.1, 0.15) is 31.2 Å². The Hall–Kier alpha value is -1.04. The molecule has 1 aromatic heterocycles. The van der Waals surface area contributed by atoms with Crippen molar-refractivity contribution in [3.63, 3.8) is 0 Å². The first-order valence-electron chi connectivity index (χ1n) is 5.02. The maximum atomic E-state index is 12.4. The number of aryl methyl sites for hydroxylation is 1. The van der Waals surface area contributed by atoms with Gasteiger partial charge in [-0.25, -0.2) is 0 Å². The van der Waals surface area contributed by atoms with Gasteiger partial charge in [0.25, 0.3) is 0 Å². The fourth-order valence-corrected chi connectivity index (χ4v) is 2.15. The summed E-state index contributed by atoms with van der Waals surface area (Å²) in [5, 5.41) is 3.48. The first-order valence-corrected chi connectivity index (χ1v) is 5.02. The SMILES string of the molecule is Cn1nc(C(F)(F)F)cc1C1C(N)C1(C)C. The van der Waals surface area contributed by atoms with Gasteiger partial charge in [0, 0.05) is 24.7 Å². The molecule has 1 aliphatic rings. The van der Waals surface area contributed by atoms with Gasteiger partial charge in [-0.05, 0) is 11.5 Å². The standard InChI is InChI=1S/C10H14F3N3/c1-9(2)7(8(9)14)5-4-6(10(11,12)13)15-16(5)3/h4,7-8H,14H2,1-3H3. The van der Waals surface area contributed by atoms with Gasteiger partial charge in [0.05, 0.1) is 0 Å². The zero-order valence-corrected chi connectivity index (χ0v) is 9.34. The number of nitrogens with two attached hydrogens (primary N) is 1. The van der Waals surface area contributed by atoms with E-state index in [1.165, 1.54) is 11.7 Å². The lowest BCUT2D eigenvalue weighted by Crippen LogP contribution is -2.07. The fraction of sp³-hybridized carbons (Fsp3) is 0.700. The number of rotatable bonds is 1. The highest BCUT2D eigenvalue weighted by Crippen LogP contribution is 2.57. The molecule has 1 fully saturated rings. The van der Waals surface area contributed by atoms with Gasteiger partial charge in [-0.2, -0.15) is 18.3 Å². The molecule has 0 radical (unpaired) electrons. The van der Waals surface area contributed by atoms with Crippen molar-refractivity contribution in [3.8, 4) is 0 Å². The van der Waals surface area contributed by atoms with Crippen molar-refractivity contribution < 1.29 is 13.2 Å². The van der Waals surface area contributed by atoms with Crippen LogP contribution in [0, 0.1) is 5.41 Å². The van der Waals surface area contributed by atoms with Crippen LogP contribution in [0.5, 0.6) is 0 Å². The molecule has 0 aliphatic heterocycles. The van der Waals surface area contributed by atoms with E-state index in [-0.39, 0.29) is 17.4 Å². The summed E-state index contributed by atoms with van der Waals surface area (Å²) in [5.41, 5.74) is 5.41. The normalized spacial score (nSPS) is 28.2. The third kappa shape index (κ3) is 1.52. The van der Waals surface area contributed by atoms with Crippen LogP contribution >= 0.6 is 0 Å². The van der Waals surface area contributed by atoms with Gasteiger partial charge in [0.1, 0.15) is 0 Å². The Morgan fingerprint density at radius 2 is 1.94 bits per heavy atom. The van der Waals surface area contributed by atoms with E-state index in [1.54, 1.807) is 0 Å². The molecule has 0 saturated heterocycles. The molecule has 90 valence electrons. The molecule has 3 nitrogen and oxygen atoms in total. The van der Waals surface area contributed by atoms with Crippen molar-refractivity contribution in [1.29, 1.82) is 0 Å². The number of hydrogen-bond donors (Lipinski definition) is 1. The van der Waals surface area contributed by atoms with Gasteiger partial charge in [-0.3, -0.25) is 4.68 Å². The van der Waals surface area contributed by atoms with E-state index in [4.69, 9.17) is 5.73 Å². The van der Waals surface area contributed by atoms with Crippen LogP contribution in [-0.4, -0.2) is 15.8 Å². The maximum Gasteiger partial charge on any atom is 0.435 e. The lowest BCUT2D eigenvalue weighted by atomic mass is 10.1. The minimum Gasteiger partial charge on any atom is -0.327 e. The fourth-order valence-electron chi connectivity index (χ4n) is 2.15. The molecule has 0 amide bonds. The van der Waals surface area contributed by atoms with Crippen LogP contribution in [0.2, 0.25) is 0 Å². The van der Waals surface area contributed by atoms with Crippen molar-refractivity contribution in [3.05, 3.63) is 17.5 Å². The monoisotopic (exact) mass is 233 g/mol. The molecule has 1 heterocycles. The Bertz CT molecular complexity index is 419. The van der Waals surface area contributed by atoms with E-state index >= 15 is 0 Å². The smallest absolute Gasteiger partial charge is 0.327 e. The molecule has 1 aliphatic carbocycles. The van der Waals surface area contributed by atoms with Crippen LogP contribution in [-0.2, 0) is 13.2 Å². The number of nitrogens with zero attached hydrogens (tertiary/aromatic N) is 2. The number of halogens is 3. The lowest BCUT2D eigenvalue weighted by molar-refractivity contribution is -0.141. The van der Waals surface area contributed by atoms with Crippen molar-refractivity contribution >= 4 is 0 Å². The van der Waals surface area contributed by atoms with E-state index < -0.39 is 11.9 Å². The van der Waals surface area contributed by atoms with Crippen LogP contribution in [0.15, 0.2) is 6.07 Å². The van der Waals surface area contributed by atoms with Crippen LogP contribution in [0.25, 0.3) is 0 Å². The second-order valence-corrected chi connectivity index (χ2v) is 4.90. The summed E-state index contributed by atoms with van der Waals surface area (Å²) < 4.78 is 38.6. The summed E-state index contributed by atoms with van der Waals surface area (Å²) in [6.07, 6.45) is -4.39. The van der Waals surface area contributed by atoms with E-state index in [9.17, 15) is 13.2 Å². The molecule has 16 heavy (non-hydrogen) atoms. The van der Waals surface area contributed by atoms with Gasteiger partial charge in [-0.15, -0.1) is 0 Å². The van der Waals surface area contributed by atoms with Gasteiger partial charge in [0.2, 0.25) is 0 Å². The topological polar surface area (TPSA) is 43.8 Å². The zero-order chi connectivity index (χ0) is 12.3. The quantitative estimate of drug-likeness (QED) is 0.805. The lowest BCUT2D eigenvalue weighted by Gasteiger charge is -2.01. The molecule has 0 bridgehead atoms. The van der Waals surface area contributed by atoms with E-state index in [1.807, 2.05) is 13.8 Å². The number of alkyl halides is 3. The van der Waals surface area contributed by atoms with E-state index in [2.05, 4.69) is 5.10 Å². The summed E-state index contributed by atoms with van der Waals surface area (Å²) in [4.78, 5) is 0. The molecular weight excluding hydrogens is 219 g/mol. The second kappa shape index (κ2) is 3.00. The minimum absolute atomic E-state index is 0.0406. The Kier molecular flexibility index (Phi) is 2.15. The molecule has 2 unspecified atom stereocenters. The summed E-state index contributed by atoms with van der Waals surface area (Å²) in [6.45, 7) is 3.89. The van der Waals surface area contributed by atoms with Crippen molar-refractivity contribution in [1.82, 2.24) is 9.78 Å². The predicted molar refractivity (Wildman–Crippen MR) is 52.7 cm³/mol. The summed E-state index contributed by atoms with van der Waals surface area (Å²) in [7, 11) is 1.52. The molecule has 0 spiro atoms. The van der Waals surface area contributed by atoms with Crippen molar-refractivity contribution in [2.45, 2.75) is 32.0 Å². The molecule has 0 aromatic carbocycles. The first-order chi connectivity index (χ1) is 7.15. The summed E-state index contributed by atoms with van der Waals surface area (Å²) in [6, 6.07) is 1.00. The second-order valence-electron chi connectivity index (χ2n) is 4.90. The highest BCUT2D eigenvalue weighted by Gasteiger charge is 2.58. The average Bonchev–Trinajstić information content (AvgIpc) is 2.47. The van der Waals surface area contributed by atoms with Crippen LogP contribution in [0.3, 0.4) is 0 Å². The van der Waals surface area contributed by atoms with E-state index in [0.717, 1.165) is 6.07 Å². The highest BCUT2D eigenvalue weighted by molar-refractivity contribution is 5.31. The third-order valence-corrected chi connectivity index (χ3v) is 3.44. The molecule has 6 heteroatoms. The van der Waals surface area contributed by atoms with Gasteiger partial charge in [0.15, 0.2) is 5.69 Å². The Balaban J connectivity index is 2.35. The molecule has 1 aromatic rings. The molecule has 1 saturated carbocycles. The Labute approximate surface area is 91.4 Å². The number of aromatic nitrogens is 2. The number of hydrogen-bond acceptors (Lipinski definition) is 2. The van der Waals surface area contributed by atoms with Crippen molar-refractivity contribution in [2.75, 3.05) is 0 Å². The first kappa shape index (κ1) is 11.4. The zero-order valence-electron chi connectivity index (χ0n) is 9.34. The predicted octanol–water partition coefficient (Wildman–Crippen LogP) is 1.89. The van der Waals surface area contributed by atoms with Crippen molar-refractivity contribution in [2.24, 2.45) is 18.2 Å². The minimum atomic E-state index is -4.39. The Morgan fingerprint density at radius 3 is 2.25 bits per heavy atom. The van der Waals surface area contributed by atoms with Crippen LogP contribution < -0.4 is 5.73 Å². The summed E-state index contributed by atoms with van der Waals surface area (Å²) >= 11 is 0. The van der Waals surface area contributed by atoms with Gasteiger partial charge < -0.3 is 5.73 Å². The third-order valence-electron chi connectivity index (χ3n) is 3.44. The largest absolute Gasteiger partial charge is 0.435 e. The summed E-state index contributed by atoms with van der Waals surface area (Å²) in [5.74, 6) is -0.0406. The molecule has 2 rings (SSSR count). The van der Waals surface area contributed by atoms with Crippen LogP contribution in [0.4, 0.5) is 13.2 Å². The van der Waals surface area contributed by atoms with E-state index in [0.29, 0.717) is 5.69 Å².